The van der Waals surface area contributed by atoms with E-state index in [4.69, 9.17) is 0 Å². The Labute approximate surface area is 76.9 Å². The molecule has 0 unspecified atom stereocenters. The summed E-state index contributed by atoms with van der Waals surface area (Å²) in [6, 6.07) is 3.61. The highest BCUT2D eigenvalue weighted by atomic mass is 79.9. The number of amides is 1. The molecule has 1 aromatic rings. The molecule has 0 saturated carbocycles. The summed E-state index contributed by atoms with van der Waals surface area (Å²) >= 11 is 4.67. The van der Waals surface area contributed by atoms with Crippen molar-refractivity contribution >= 4 is 33.2 Å². The molecule has 0 saturated heterocycles. The van der Waals surface area contributed by atoms with Crippen molar-refractivity contribution < 1.29 is 4.79 Å². The molecular weight excluding hydrogens is 228 g/mol. The van der Waals surface area contributed by atoms with Crippen molar-refractivity contribution in [1.29, 1.82) is 0 Å². The average molecular weight is 235 g/mol. The van der Waals surface area contributed by atoms with Gasteiger partial charge in [-0.25, -0.2) is 5.43 Å². The summed E-state index contributed by atoms with van der Waals surface area (Å²) in [5, 5.41) is 0. The van der Waals surface area contributed by atoms with Crippen LogP contribution in [0.15, 0.2) is 15.9 Å². The fourth-order valence-corrected chi connectivity index (χ4v) is 1.89. The molecule has 1 amide bonds. The van der Waals surface area contributed by atoms with Crippen LogP contribution in [0.5, 0.6) is 0 Å². The third kappa shape index (κ3) is 2.28. The summed E-state index contributed by atoms with van der Waals surface area (Å²) in [6.45, 7) is 0. The highest BCUT2D eigenvalue weighted by molar-refractivity contribution is 9.11. The van der Waals surface area contributed by atoms with Gasteiger partial charge in [-0.1, -0.05) is 0 Å². The van der Waals surface area contributed by atoms with Crippen LogP contribution in [0.1, 0.15) is 9.67 Å². The smallest absolute Gasteiger partial charge is 0.275 e. The fraction of sp³-hybridized carbons (Fsp3) is 0.167. The highest BCUT2D eigenvalue weighted by Crippen LogP contribution is 2.21. The second-order valence-electron chi connectivity index (χ2n) is 1.81. The molecule has 3 nitrogen and oxygen atoms in total. The number of carbonyl (C=O) groups is 1. The molecule has 60 valence electrons. The lowest BCUT2D eigenvalue weighted by Crippen LogP contribution is -2.33. The first-order valence-electron chi connectivity index (χ1n) is 2.96. The monoisotopic (exact) mass is 234 g/mol. The Balaban J connectivity index is 2.69. The molecule has 0 aliphatic rings. The summed E-state index contributed by atoms with van der Waals surface area (Å²) in [5.41, 5.74) is 5.04. The van der Waals surface area contributed by atoms with E-state index in [0.29, 0.717) is 4.88 Å². The summed E-state index contributed by atoms with van der Waals surface area (Å²) < 4.78 is 0.957. The second kappa shape index (κ2) is 3.85. The zero-order valence-electron chi connectivity index (χ0n) is 5.85. The molecular formula is C6H7BrN2OS. The van der Waals surface area contributed by atoms with Crippen LogP contribution < -0.4 is 10.9 Å². The van der Waals surface area contributed by atoms with Crippen molar-refractivity contribution in [3.8, 4) is 0 Å². The number of carbonyl (C=O) groups excluding carboxylic acids is 1. The maximum atomic E-state index is 11.1. The van der Waals surface area contributed by atoms with Crippen LogP contribution in [-0.2, 0) is 0 Å². The Bertz CT molecular complexity index is 261. The molecule has 0 spiro atoms. The normalized spacial score (nSPS) is 9.64. The molecule has 0 aromatic carbocycles. The molecule has 0 radical (unpaired) electrons. The van der Waals surface area contributed by atoms with Gasteiger partial charge in [0.05, 0.1) is 8.66 Å². The molecule has 1 heterocycles. The summed E-state index contributed by atoms with van der Waals surface area (Å²) in [6.07, 6.45) is 0. The molecule has 1 rings (SSSR count). The zero-order chi connectivity index (χ0) is 8.27. The first kappa shape index (κ1) is 8.70. The first-order valence-corrected chi connectivity index (χ1v) is 4.57. The van der Waals surface area contributed by atoms with Crippen LogP contribution in [0.2, 0.25) is 0 Å². The van der Waals surface area contributed by atoms with Crippen LogP contribution in [0, 0.1) is 0 Å². The van der Waals surface area contributed by atoms with E-state index in [9.17, 15) is 4.79 Å². The van der Waals surface area contributed by atoms with E-state index in [-0.39, 0.29) is 5.91 Å². The zero-order valence-corrected chi connectivity index (χ0v) is 8.25. The van der Waals surface area contributed by atoms with E-state index in [1.54, 1.807) is 13.1 Å². The van der Waals surface area contributed by atoms with Crippen molar-refractivity contribution in [3.63, 3.8) is 0 Å². The second-order valence-corrected chi connectivity index (χ2v) is 4.27. The average Bonchev–Trinajstić information content (AvgIpc) is 2.36. The summed E-state index contributed by atoms with van der Waals surface area (Å²) in [7, 11) is 1.65. The fourth-order valence-electron chi connectivity index (χ4n) is 0.611. The Kier molecular flexibility index (Phi) is 3.04. The SMILES string of the molecule is CNNC(=O)c1ccc(Br)s1. The number of hydrogen-bond acceptors (Lipinski definition) is 3. The van der Waals surface area contributed by atoms with Gasteiger partial charge in [-0.2, -0.15) is 0 Å². The molecule has 0 bridgehead atoms. The van der Waals surface area contributed by atoms with Gasteiger partial charge < -0.3 is 0 Å². The Morgan fingerprint density at radius 3 is 2.82 bits per heavy atom. The molecule has 5 heteroatoms. The van der Waals surface area contributed by atoms with E-state index in [0.717, 1.165) is 3.79 Å². The van der Waals surface area contributed by atoms with E-state index in [2.05, 4.69) is 26.8 Å². The largest absolute Gasteiger partial charge is 0.287 e. The van der Waals surface area contributed by atoms with Crippen LogP contribution >= 0.6 is 27.3 Å². The van der Waals surface area contributed by atoms with Gasteiger partial charge in [0.1, 0.15) is 0 Å². The standard InChI is InChI=1S/C6H7BrN2OS/c1-8-9-6(10)4-2-3-5(7)11-4/h2-3,8H,1H3,(H,9,10). The van der Waals surface area contributed by atoms with Gasteiger partial charge in [0.15, 0.2) is 0 Å². The maximum absolute atomic E-state index is 11.1. The van der Waals surface area contributed by atoms with Gasteiger partial charge in [0.2, 0.25) is 0 Å². The van der Waals surface area contributed by atoms with E-state index < -0.39 is 0 Å². The first-order chi connectivity index (χ1) is 5.24. The third-order valence-electron chi connectivity index (χ3n) is 1.04. The van der Waals surface area contributed by atoms with Gasteiger partial charge >= 0.3 is 0 Å². The van der Waals surface area contributed by atoms with Crippen molar-refractivity contribution in [2.45, 2.75) is 0 Å². The third-order valence-corrected chi connectivity index (χ3v) is 2.66. The predicted molar refractivity (Wildman–Crippen MR) is 48.5 cm³/mol. The number of hydrogen-bond donors (Lipinski definition) is 2. The van der Waals surface area contributed by atoms with E-state index in [1.165, 1.54) is 11.3 Å². The minimum absolute atomic E-state index is 0.108. The van der Waals surface area contributed by atoms with E-state index in [1.807, 2.05) is 6.07 Å². The van der Waals surface area contributed by atoms with Gasteiger partial charge in [-0.3, -0.25) is 10.2 Å². The molecule has 1 aromatic heterocycles. The number of rotatable bonds is 2. The van der Waals surface area contributed by atoms with Crippen LogP contribution in [0.3, 0.4) is 0 Å². The van der Waals surface area contributed by atoms with Gasteiger partial charge in [-0.15, -0.1) is 11.3 Å². The van der Waals surface area contributed by atoms with Crippen molar-refractivity contribution in [2.75, 3.05) is 7.05 Å². The van der Waals surface area contributed by atoms with E-state index >= 15 is 0 Å². The molecule has 2 N–H and O–H groups in total. The van der Waals surface area contributed by atoms with Gasteiger partial charge in [0.25, 0.3) is 5.91 Å². The molecule has 0 aliphatic carbocycles. The van der Waals surface area contributed by atoms with Crippen LogP contribution in [0.25, 0.3) is 0 Å². The van der Waals surface area contributed by atoms with Crippen LogP contribution in [0.4, 0.5) is 0 Å². The summed E-state index contributed by atoms with van der Waals surface area (Å²) in [4.78, 5) is 11.8. The maximum Gasteiger partial charge on any atom is 0.275 e. The number of nitrogens with one attached hydrogen (secondary N) is 2. The Morgan fingerprint density at radius 2 is 2.36 bits per heavy atom. The van der Waals surface area contributed by atoms with Crippen molar-refractivity contribution in [3.05, 3.63) is 20.8 Å². The summed E-state index contributed by atoms with van der Waals surface area (Å²) in [5.74, 6) is -0.108. The molecule has 0 fully saturated rings. The quantitative estimate of drug-likeness (QED) is 0.760. The number of halogens is 1. The Morgan fingerprint density at radius 1 is 1.64 bits per heavy atom. The topological polar surface area (TPSA) is 41.1 Å². The van der Waals surface area contributed by atoms with Gasteiger partial charge in [-0.05, 0) is 28.1 Å². The highest BCUT2D eigenvalue weighted by Gasteiger charge is 2.05. The lowest BCUT2D eigenvalue weighted by Gasteiger charge is -1.97. The van der Waals surface area contributed by atoms with Crippen molar-refractivity contribution in [1.82, 2.24) is 10.9 Å². The minimum atomic E-state index is -0.108. The van der Waals surface area contributed by atoms with Crippen molar-refractivity contribution in [2.24, 2.45) is 0 Å². The number of thiophene rings is 1. The van der Waals surface area contributed by atoms with Gasteiger partial charge in [0, 0.05) is 7.05 Å². The molecule has 0 aliphatic heterocycles. The lowest BCUT2D eigenvalue weighted by atomic mass is 10.4. The predicted octanol–water partition coefficient (Wildman–Crippen LogP) is 1.37. The molecule has 11 heavy (non-hydrogen) atoms. The van der Waals surface area contributed by atoms with Crippen LogP contribution in [-0.4, -0.2) is 13.0 Å². The lowest BCUT2D eigenvalue weighted by molar-refractivity contribution is 0.0942. The number of hydrazine groups is 1. The Hall–Kier alpha value is -0.390. The molecule has 0 atom stereocenters. The minimum Gasteiger partial charge on any atom is -0.287 e.